The number of imide groups is 1. The Kier molecular flexibility index (Phi) is 5.54. The number of benzene rings is 2. The Balaban J connectivity index is 1.64. The number of hydrogen-bond acceptors (Lipinski definition) is 5. The van der Waals surface area contributed by atoms with Gasteiger partial charge in [0.05, 0.1) is 11.1 Å². The van der Waals surface area contributed by atoms with E-state index in [1.807, 2.05) is 25.1 Å². The van der Waals surface area contributed by atoms with E-state index in [0.717, 1.165) is 4.90 Å². The van der Waals surface area contributed by atoms with Crippen LogP contribution in [-0.4, -0.2) is 47.8 Å². The van der Waals surface area contributed by atoms with Crippen molar-refractivity contribution >= 4 is 29.4 Å². The summed E-state index contributed by atoms with van der Waals surface area (Å²) in [6.45, 7) is 3.15. The maximum absolute atomic E-state index is 12.5. The lowest BCUT2D eigenvalue weighted by Gasteiger charge is -2.23. The minimum absolute atomic E-state index is 0.254. The van der Waals surface area contributed by atoms with Crippen LogP contribution in [-0.2, 0) is 14.3 Å². The molecule has 1 aliphatic heterocycles. The molecule has 1 atom stereocenters. The van der Waals surface area contributed by atoms with Gasteiger partial charge in [-0.2, -0.15) is 0 Å². The van der Waals surface area contributed by atoms with Crippen LogP contribution in [0.1, 0.15) is 34.6 Å². The molecule has 1 heterocycles. The number of para-hydroxylation sites is 1. The average Bonchev–Trinajstić information content (AvgIpc) is 2.97. The summed E-state index contributed by atoms with van der Waals surface area (Å²) in [5.74, 6) is -2.30. The Morgan fingerprint density at radius 1 is 0.964 bits per heavy atom. The molecule has 0 N–H and O–H groups in total. The fourth-order valence-electron chi connectivity index (χ4n) is 3.11. The number of carbonyl (C=O) groups is 4. The number of hydrogen-bond donors (Lipinski definition) is 0. The molecular weight excluding hydrogens is 360 g/mol. The molecular formula is C21H20N2O5. The first-order chi connectivity index (χ1) is 13.5. The third-order valence-electron chi connectivity index (χ3n) is 4.58. The Labute approximate surface area is 162 Å². The fourth-order valence-corrected chi connectivity index (χ4v) is 3.11. The molecule has 0 aromatic heterocycles. The summed E-state index contributed by atoms with van der Waals surface area (Å²) in [7, 11) is 0. The van der Waals surface area contributed by atoms with Crippen LogP contribution in [0, 0.1) is 0 Å². The highest BCUT2D eigenvalue weighted by Gasteiger charge is 2.41. The Morgan fingerprint density at radius 2 is 1.50 bits per heavy atom. The summed E-state index contributed by atoms with van der Waals surface area (Å²) < 4.78 is 5.10. The molecule has 1 aliphatic rings. The van der Waals surface area contributed by atoms with E-state index in [4.69, 9.17) is 4.74 Å². The van der Waals surface area contributed by atoms with Crippen LogP contribution in [0.25, 0.3) is 0 Å². The van der Waals surface area contributed by atoms with Gasteiger partial charge in [-0.15, -0.1) is 0 Å². The van der Waals surface area contributed by atoms with Crippen molar-refractivity contribution in [1.29, 1.82) is 0 Å². The number of nitrogens with zero attached hydrogens (tertiary/aromatic N) is 2. The van der Waals surface area contributed by atoms with Crippen molar-refractivity contribution in [1.82, 2.24) is 4.90 Å². The number of esters is 1. The van der Waals surface area contributed by atoms with Crippen LogP contribution in [0.4, 0.5) is 5.69 Å². The zero-order valence-electron chi connectivity index (χ0n) is 15.6. The normalized spacial score (nSPS) is 13.9. The minimum atomic E-state index is -1.13. The van der Waals surface area contributed by atoms with E-state index in [-0.39, 0.29) is 11.1 Å². The Bertz CT molecular complexity index is 890. The number of likely N-dealkylation sites (N-methyl/N-ethyl adjacent to an activating group) is 1. The predicted molar refractivity (Wildman–Crippen MR) is 102 cm³/mol. The second-order valence-corrected chi connectivity index (χ2v) is 6.28. The lowest BCUT2D eigenvalue weighted by molar-refractivity contribution is -0.151. The molecule has 3 amide bonds. The van der Waals surface area contributed by atoms with E-state index in [0.29, 0.717) is 12.2 Å². The first kappa shape index (κ1) is 19.3. The van der Waals surface area contributed by atoms with Crippen LogP contribution < -0.4 is 4.90 Å². The van der Waals surface area contributed by atoms with Gasteiger partial charge in [0, 0.05) is 12.2 Å². The van der Waals surface area contributed by atoms with Crippen molar-refractivity contribution in [2.45, 2.75) is 19.9 Å². The molecule has 0 spiro atoms. The fraction of sp³-hybridized carbons (Fsp3) is 0.238. The van der Waals surface area contributed by atoms with Gasteiger partial charge in [0.25, 0.3) is 17.7 Å². The maximum Gasteiger partial charge on any atom is 0.329 e. The molecule has 0 saturated heterocycles. The number of rotatable bonds is 6. The summed E-state index contributed by atoms with van der Waals surface area (Å²) in [4.78, 5) is 52.1. The smallest absolute Gasteiger partial charge is 0.329 e. The molecule has 3 rings (SSSR count). The number of anilines is 1. The topological polar surface area (TPSA) is 84.0 Å². The van der Waals surface area contributed by atoms with E-state index < -0.39 is 36.3 Å². The van der Waals surface area contributed by atoms with E-state index >= 15 is 0 Å². The molecule has 7 nitrogen and oxygen atoms in total. The quantitative estimate of drug-likeness (QED) is 0.567. The molecule has 144 valence electrons. The SMILES string of the molecule is CCN(C(=O)COC(=O)C(C)N1C(=O)c2ccccc2C1=O)c1ccccc1. The second-order valence-electron chi connectivity index (χ2n) is 6.28. The van der Waals surface area contributed by atoms with Crippen molar-refractivity contribution in [2.75, 3.05) is 18.1 Å². The average molecular weight is 380 g/mol. The minimum Gasteiger partial charge on any atom is -0.454 e. The molecule has 0 saturated carbocycles. The van der Waals surface area contributed by atoms with Crippen LogP contribution in [0.5, 0.6) is 0 Å². The summed E-state index contributed by atoms with van der Waals surface area (Å²) >= 11 is 0. The highest BCUT2D eigenvalue weighted by molar-refractivity contribution is 6.22. The van der Waals surface area contributed by atoms with Gasteiger partial charge in [0.15, 0.2) is 6.61 Å². The zero-order valence-corrected chi connectivity index (χ0v) is 15.6. The number of fused-ring (bicyclic) bond motifs is 1. The van der Waals surface area contributed by atoms with Crippen LogP contribution in [0.2, 0.25) is 0 Å². The highest BCUT2D eigenvalue weighted by Crippen LogP contribution is 2.24. The van der Waals surface area contributed by atoms with Crippen molar-refractivity contribution < 1.29 is 23.9 Å². The zero-order chi connectivity index (χ0) is 20.3. The molecule has 0 fully saturated rings. The first-order valence-corrected chi connectivity index (χ1v) is 8.94. The maximum atomic E-state index is 12.5. The largest absolute Gasteiger partial charge is 0.454 e. The van der Waals surface area contributed by atoms with Crippen molar-refractivity contribution in [3.8, 4) is 0 Å². The van der Waals surface area contributed by atoms with Crippen molar-refractivity contribution in [3.63, 3.8) is 0 Å². The van der Waals surface area contributed by atoms with Gasteiger partial charge in [-0.25, -0.2) is 4.79 Å². The summed E-state index contributed by atoms with van der Waals surface area (Å²) in [5.41, 5.74) is 1.20. The number of carbonyl (C=O) groups excluding carboxylic acids is 4. The van der Waals surface area contributed by atoms with E-state index in [9.17, 15) is 19.2 Å². The molecule has 0 aliphatic carbocycles. The molecule has 2 aromatic carbocycles. The Morgan fingerprint density at radius 3 is 2.04 bits per heavy atom. The van der Waals surface area contributed by atoms with E-state index in [1.165, 1.54) is 24.0 Å². The summed E-state index contributed by atoms with van der Waals surface area (Å²) in [6, 6.07) is 14.3. The van der Waals surface area contributed by atoms with Gasteiger partial charge in [-0.05, 0) is 38.1 Å². The lowest BCUT2D eigenvalue weighted by Crippen LogP contribution is -2.44. The van der Waals surface area contributed by atoms with Crippen LogP contribution in [0.15, 0.2) is 54.6 Å². The van der Waals surface area contributed by atoms with Crippen LogP contribution in [0.3, 0.4) is 0 Å². The summed E-state index contributed by atoms with van der Waals surface area (Å²) in [6.07, 6.45) is 0. The van der Waals surface area contributed by atoms with E-state index in [2.05, 4.69) is 0 Å². The monoisotopic (exact) mass is 380 g/mol. The molecule has 1 unspecified atom stereocenters. The van der Waals surface area contributed by atoms with Gasteiger partial charge in [-0.1, -0.05) is 30.3 Å². The van der Waals surface area contributed by atoms with Gasteiger partial charge in [0.2, 0.25) is 0 Å². The molecule has 2 aromatic rings. The molecule has 7 heteroatoms. The van der Waals surface area contributed by atoms with Crippen LogP contribution >= 0.6 is 0 Å². The first-order valence-electron chi connectivity index (χ1n) is 8.94. The summed E-state index contributed by atoms with van der Waals surface area (Å²) in [5, 5.41) is 0. The number of amides is 3. The highest BCUT2D eigenvalue weighted by atomic mass is 16.5. The molecule has 0 bridgehead atoms. The van der Waals surface area contributed by atoms with Gasteiger partial charge in [0.1, 0.15) is 6.04 Å². The van der Waals surface area contributed by atoms with Gasteiger partial charge in [-0.3, -0.25) is 19.3 Å². The Hall–Kier alpha value is -3.48. The van der Waals surface area contributed by atoms with E-state index in [1.54, 1.807) is 24.3 Å². The van der Waals surface area contributed by atoms with Crippen molar-refractivity contribution in [3.05, 3.63) is 65.7 Å². The predicted octanol–water partition coefficient (Wildman–Crippen LogP) is 2.27. The number of ether oxygens (including phenoxy) is 1. The molecule has 0 radical (unpaired) electrons. The van der Waals surface area contributed by atoms with Gasteiger partial charge < -0.3 is 9.64 Å². The third kappa shape index (κ3) is 3.51. The molecule has 28 heavy (non-hydrogen) atoms. The van der Waals surface area contributed by atoms with Crippen molar-refractivity contribution in [2.24, 2.45) is 0 Å². The lowest BCUT2D eigenvalue weighted by atomic mass is 10.1. The standard InChI is InChI=1S/C21H20N2O5/c1-3-22(15-9-5-4-6-10-15)18(24)13-28-21(27)14(2)23-19(25)16-11-7-8-12-17(16)20(23)26/h4-12,14H,3,13H2,1-2H3. The second kappa shape index (κ2) is 8.04. The third-order valence-corrected chi connectivity index (χ3v) is 4.58. The van der Waals surface area contributed by atoms with Gasteiger partial charge >= 0.3 is 5.97 Å².